The average Bonchev–Trinajstić information content (AvgIpc) is 2.18. The lowest BCUT2D eigenvalue weighted by Gasteiger charge is -2.13. The largest absolute Gasteiger partial charge is 0.573 e. The fourth-order valence-electron chi connectivity index (χ4n) is 1.00. The maximum atomic E-state index is 12.0. The molecule has 1 rings (SSSR count). The molecule has 0 aromatic carbocycles. The molecule has 4 N–H and O–H groups in total. The van der Waals surface area contributed by atoms with E-state index in [0.717, 1.165) is 6.20 Å². The Kier molecular flexibility index (Phi) is 3.08. The number of nitrogens with two attached hydrogens (primary N) is 2. The molecule has 0 bridgehead atoms. The van der Waals surface area contributed by atoms with Gasteiger partial charge in [0.2, 0.25) is 0 Å². The lowest BCUT2D eigenvalue weighted by Crippen LogP contribution is -2.21. The molecule has 0 spiro atoms. The van der Waals surface area contributed by atoms with Gasteiger partial charge in [0.05, 0.1) is 11.3 Å². The lowest BCUT2D eigenvalue weighted by molar-refractivity contribution is -0.274. The summed E-state index contributed by atoms with van der Waals surface area (Å²) in [7, 11) is 0. The molecular weight excluding hydrogens is 241 g/mol. The third kappa shape index (κ3) is 2.75. The Bertz CT molecular complexity index is 507. The van der Waals surface area contributed by atoms with E-state index < -0.39 is 35.0 Å². The highest BCUT2D eigenvalue weighted by atomic mass is 19.4. The van der Waals surface area contributed by atoms with E-state index in [1.165, 1.54) is 6.07 Å². The molecule has 0 saturated heterocycles. The highest BCUT2D eigenvalue weighted by Crippen LogP contribution is 2.32. The zero-order chi connectivity index (χ0) is 13.2. The molecule has 1 heterocycles. The Hall–Kier alpha value is -2.50. The van der Waals surface area contributed by atoms with Crippen LogP contribution in [0, 0.1) is 11.3 Å². The minimum absolute atomic E-state index is 0.455. The van der Waals surface area contributed by atoms with Gasteiger partial charge in [-0.1, -0.05) is 0 Å². The van der Waals surface area contributed by atoms with Gasteiger partial charge in [0.15, 0.2) is 11.4 Å². The number of nitrogen functional groups attached to an aromatic ring is 1. The molecule has 0 aliphatic rings. The van der Waals surface area contributed by atoms with E-state index in [0.29, 0.717) is 0 Å². The van der Waals surface area contributed by atoms with Crippen LogP contribution in [0.5, 0.6) is 5.75 Å². The molecule has 6 nitrogen and oxygen atoms in total. The van der Waals surface area contributed by atoms with Crippen molar-refractivity contribution in [1.82, 2.24) is 4.98 Å². The highest BCUT2D eigenvalue weighted by Gasteiger charge is 2.34. The van der Waals surface area contributed by atoms with Crippen LogP contribution >= 0.6 is 0 Å². The number of anilines is 1. The number of ether oxygens (including phenoxy) is 1. The predicted octanol–water partition coefficient (Wildman–Crippen LogP) is 0.533. The normalized spacial score (nSPS) is 10.7. The van der Waals surface area contributed by atoms with Crippen LogP contribution in [-0.4, -0.2) is 17.3 Å². The summed E-state index contributed by atoms with van der Waals surface area (Å²) in [6.07, 6.45) is -4.25. The van der Waals surface area contributed by atoms with Crippen molar-refractivity contribution in [2.75, 3.05) is 5.73 Å². The summed E-state index contributed by atoms with van der Waals surface area (Å²) in [5.74, 6) is -2.11. The van der Waals surface area contributed by atoms with Crippen LogP contribution in [-0.2, 0) is 0 Å². The van der Waals surface area contributed by atoms with Crippen molar-refractivity contribution in [2.45, 2.75) is 6.36 Å². The van der Waals surface area contributed by atoms with Crippen molar-refractivity contribution >= 4 is 11.6 Å². The third-order valence-corrected chi connectivity index (χ3v) is 1.66. The Morgan fingerprint density at radius 1 is 1.53 bits per heavy atom. The van der Waals surface area contributed by atoms with Crippen LogP contribution in [0.4, 0.5) is 18.9 Å². The summed E-state index contributed by atoms with van der Waals surface area (Å²) in [6.45, 7) is 0. The Morgan fingerprint density at radius 2 is 2.12 bits per heavy atom. The lowest BCUT2D eigenvalue weighted by atomic mass is 10.2. The maximum Gasteiger partial charge on any atom is 0.573 e. The molecule has 0 radical (unpaired) electrons. The SMILES string of the molecule is N#Cc1ncc(C(N)=O)c(N)c1OC(F)(F)F. The van der Waals surface area contributed by atoms with Crippen molar-refractivity contribution in [1.29, 1.82) is 5.26 Å². The van der Waals surface area contributed by atoms with Gasteiger partial charge in [0.1, 0.15) is 6.07 Å². The number of carbonyl (C=O) groups is 1. The summed E-state index contributed by atoms with van der Waals surface area (Å²) in [6, 6.07) is 1.36. The number of nitrogens with zero attached hydrogens (tertiary/aromatic N) is 2. The average molecular weight is 246 g/mol. The van der Waals surface area contributed by atoms with Gasteiger partial charge >= 0.3 is 6.36 Å². The second kappa shape index (κ2) is 4.17. The molecule has 0 aliphatic heterocycles. The number of halogens is 3. The quantitative estimate of drug-likeness (QED) is 0.789. The molecule has 9 heteroatoms. The number of carbonyl (C=O) groups excluding carboxylic acids is 1. The number of rotatable bonds is 2. The van der Waals surface area contributed by atoms with Crippen LogP contribution in [0.25, 0.3) is 0 Å². The maximum absolute atomic E-state index is 12.0. The molecule has 0 fully saturated rings. The zero-order valence-corrected chi connectivity index (χ0v) is 8.08. The van der Waals surface area contributed by atoms with Gasteiger partial charge in [-0.15, -0.1) is 13.2 Å². The number of primary amides is 1. The summed E-state index contributed by atoms with van der Waals surface area (Å²) in [5.41, 5.74) is 8.29. The second-order valence-corrected chi connectivity index (χ2v) is 2.79. The molecule has 1 aromatic heterocycles. The highest BCUT2D eigenvalue weighted by molar-refractivity contribution is 5.99. The Labute approximate surface area is 92.6 Å². The number of nitriles is 1. The standard InChI is InChI=1S/C8H5F3N4O2/c9-8(10,11)17-6-4(1-12)15-2-3(5(6)13)7(14)16/h2H,(H2,13,15)(H2,14,16). The molecule has 0 atom stereocenters. The number of aromatic nitrogens is 1. The van der Waals surface area contributed by atoms with E-state index in [-0.39, 0.29) is 0 Å². The number of amides is 1. The molecular formula is C8H5F3N4O2. The fourth-order valence-corrected chi connectivity index (χ4v) is 1.00. The molecule has 90 valence electrons. The Balaban J connectivity index is 3.39. The van der Waals surface area contributed by atoms with Gasteiger partial charge in [0, 0.05) is 6.20 Å². The van der Waals surface area contributed by atoms with Crippen LogP contribution in [0.2, 0.25) is 0 Å². The van der Waals surface area contributed by atoms with E-state index in [1.807, 2.05) is 0 Å². The van der Waals surface area contributed by atoms with Crippen LogP contribution in [0.1, 0.15) is 16.1 Å². The van der Waals surface area contributed by atoms with Crippen molar-refractivity contribution in [3.63, 3.8) is 0 Å². The smallest absolute Gasteiger partial charge is 0.400 e. The third-order valence-electron chi connectivity index (χ3n) is 1.66. The van der Waals surface area contributed by atoms with Crippen LogP contribution < -0.4 is 16.2 Å². The summed E-state index contributed by atoms with van der Waals surface area (Å²) in [4.78, 5) is 14.1. The molecule has 0 aliphatic carbocycles. The van der Waals surface area contributed by atoms with Crippen molar-refractivity contribution in [3.8, 4) is 11.8 Å². The van der Waals surface area contributed by atoms with E-state index >= 15 is 0 Å². The van der Waals surface area contributed by atoms with Crippen molar-refractivity contribution in [2.24, 2.45) is 5.73 Å². The van der Waals surface area contributed by atoms with Gasteiger partial charge in [0.25, 0.3) is 5.91 Å². The monoisotopic (exact) mass is 246 g/mol. The number of hydrogen-bond donors (Lipinski definition) is 2. The van der Waals surface area contributed by atoms with Crippen LogP contribution in [0.15, 0.2) is 6.20 Å². The molecule has 0 saturated carbocycles. The summed E-state index contributed by atoms with van der Waals surface area (Å²) in [5, 5.41) is 8.54. The zero-order valence-electron chi connectivity index (χ0n) is 8.08. The van der Waals surface area contributed by atoms with E-state index in [4.69, 9.17) is 16.7 Å². The van der Waals surface area contributed by atoms with Gasteiger partial charge < -0.3 is 16.2 Å². The number of pyridine rings is 1. The Morgan fingerprint density at radius 3 is 2.53 bits per heavy atom. The number of alkyl halides is 3. The first-order valence-corrected chi connectivity index (χ1v) is 4.00. The fraction of sp³-hybridized carbons (Fsp3) is 0.125. The van der Waals surface area contributed by atoms with E-state index in [1.54, 1.807) is 0 Å². The van der Waals surface area contributed by atoms with Crippen molar-refractivity contribution in [3.05, 3.63) is 17.5 Å². The first-order valence-electron chi connectivity index (χ1n) is 4.00. The second-order valence-electron chi connectivity index (χ2n) is 2.79. The summed E-state index contributed by atoms with van der Waals surface area (Å²) >= 11 is 0. The molecule has 1 aromatic rings. The van der Waals surface area contributed by atoms with Gasteiger partial charge in [-0.05, 0) is 0 Å². The van der Waals surface area contributed by atoms with Gasteiger partial charge in [-0.25, -0.2) is 4.98 Å². The summed E-state index contributed by atoms with van der Waals surface area (Å²) < 4.78 is 39.6. The van der Waals surface area contributed by atoms with Crippen LogP contribution in [0.3, 0.4) is 0 Å². The van der Waals surface area contributed by atoms with Gasteiger partial charge in [-0.3, -0.25) is 4.79 Å². The topological polar surface area (TPSA) is 115 Å². The minimum Gasteiger partial charge on any atom is -0.400 e. The number of hydrogen-bond acceptors (Lipinski definition) is 5. The van der Waals surface area contributed by atoms with Crippen molar-refractivity contribution < 1.29 is 22.7 Å². The first-order chi connectivity index (χ1) is 7.76. The molecule has 0 unspecified atom stereocenters. The first kappa shape index (κ1) is 12.6. The van der Waals surface area contributed by atoms with Gasteiger partial charge in [-0.2, -0.15) is 5.26 Å². The van der Waals surface area contributed by atoms with E-state index in [2.05, 4.69) is 9.72 Å². The molecule has 1 amide bonds. The predicted molar refractivity (Wildman–Crippen MR) is 48.6 cm³/mol. The molecule has 17 heavy (non-hydrogen) atoms. The minimum atomic E-state index is -5.06. The van der Waals surface area contributed by atoms with E-state index in [9.17, 15) is 18.0 Å².